The zero-order chi connectivity index (χ0) is 18.8. The van der Waals surface area contributed by atoms with E-state index in [0.29, 0.717) is 5.56 Å². The van der Waals surface area contributed by atoms with E-state index in [4.69, 9.17) is 16.0 Å². The Morgan fingerprint density at radius 3 is 2.50 bits per heavy atom. The molecule has 132 valence electrons. The fourth-order valence-corrected chi connectivity index (χ4v) is 2.46. The maximum Gasteiger partial charge on any atom is 0.291 e. The second-order valence-corrected chi connectivity index (χ2v) is 5.58. The fraction of sp³-hybridized carbons (Fsp3) is 0. The molecule has 0 bridgehead atoms. The normalized spacial score (nSPS) is 10.6. The van der Waals surface area contributed by atoms with Crippen molar-refractivity contribution in [3.8, 4) is 11.3 Å². The standard InChI is InChI=1S/C17H9ClF2N2O4/c18-12-8-10(22(24)25)2-3-11(12)15-5-6-16(26-15)17(23)21-9-1-4-13(19)14(20)7-9/h1-8H,(H,21,23). The molecule has 0 aliphatic rings. The van der Waals surface area contributed by atoms with Crippen molar-refractivity contribution in [1.82, 2.24) is 0 Å². The Balaban J connectivity index is 1.82. The average Bonchev–Trinajstić information content (AvgIpc) is 3.08. The minimum Gasteiger partial charge on any atom is -0.451 e. The fourth-order valence-electron chi connectivity index (χ4n) is 2.19. The van der Waals surface area contributed by atoms with Crippen LogP contribution in [0.25, 0.3) is 11.3 Å². The number of nitrogens with one attached hydrogen (secondary N) is 1. The molecule has 3 rings (SSSR count). The number of hydrogen-bond acceptors (Lipinski definition) is 4. The summed E-state index contributed by atoms with van der Waals surface area (Å²) in [6, 6.07) is 9.57. The number of non-ortho nitro benzene ring substituents is 1. The SMILES string of the molecule is O=C(Nc1ccc(F)c(F)c1)c1ccc(-c2ccc([N+](=O)[O-])cc2Cl)o1. The average molecular weight is 379 g/mol. The lowest BCUT2D eigenvalue weighted by Crippen LogP contribution is -2.11. The molecule has 0 spiro atoms. The van der Waals surface area contributed by atoms with E-state index in [1.165, 1.54) is 36.4 Å². The van der Waals surface area contributed by atoms with Gasteiger partial charge in [-0.1, -0.05) is 11.6 Å². The number of carbonyl (C=O) groups is 1. The van der Waals surface area contributed by atoms with Crippen LogP contribution in [0.15, 0.2) is 52.9 Å². The number of nitro benzene ring substituents is 1. The number of amides is 1. The van der Waals surface area contributed by atoms with Crippen molar-refractivity contribution in [2.45, 2.75) is 0 Å². The lowest BCUT2D eigenvalue weighted by molar-refractivity contribution is -0.384. The van der Waals surface area contributed by atoms with Crippen molar-refractivity contribution in [2.75, 3.05) is 5.32 Å². The maximum atomic E-state index is 13.2. The lowest BCUT2D eigenvalue weighted by atomic mass is 10.1. The van der Waals surface area contributed by atoms with E-state index in [9.17, 15) is 23.7 Å². The van der Waals surface area contributed by atoms with Crippen LogP contribution >= 0.6 is 11.6 Å². The van der Waals surface area contributed by atoms with Gasteiger partial charge in [0.05, 0.1) is 9.95 Å². The van der Waals surface area contributed by atoms with Gasteiger partial charge in [0.2, 0.25) is 0 Å². The van der Waals surface area contributed by atoms with Crippen LogP contribution in [0.4, 0.5) is 20.2 Å². The molecule has 0 aliphatic heterocycles. The number of rotatable bonds is 4. The summed E-state index contributed by atoms with van der Waals surface area (Å²) in [5.74, 6) is -2.68. The molecule has 1 aromatic heterocycles. The van der Waals surface area contributed by atoms with E-state index in [1.54, 1.807) is 0 Å². The molecule has 0 atom stereocenters. The van der Waals surface area contributed by atoms with Crippen molar-refractivity contribution in [2.24, 2.45) is 0 Å². The number of nitrogens with zero attached hydrogens (tertiary/aromatic N) is 1. The highest BCUT2D eigenvalue weighted by Crippen LogP contribution is 2.32. The first-order valence-electron chi connectivity index (χ1n) is 7.15. The van der Waals surface area contributed by atoms with Crippen molar-refractivity contribution >= 4 is 28.9 Å². The van der Waals surface area contributed by atoms with Gasteiger partial charge in [-0.05, 0) is 30.3 Å². The Morgan fingerprint density at radius 1 is 1.08 bits per heavy atom. The van der Waals surface area contributed by atoms with Crippen molar-refractivity contribution < 1.29 is 22.9 Å². The Labute approximate surface area is 150 Å². The molecule has 0 unspecified atom stereocenters. The molecule has 6 nitrogen and oxygen atoms in total. The van der Waals surface area contributed by atoms with Crippen LogP contribution in [0, 0.1) is 21.7 Å². The molecule has 2 aromatic carbocycles. The predicted octanol–water partition coefficient (Wildman–Crippen LogP) is 5.04. The van der Waals surface area contributed by atoms with E-state index in [0.717, 1.165) is 12.1 Å². The maximum absolute atomic E-state index is 13.2. The van der Waals surface area contributed by atoms with Gasteiger partial charge in [0, 0.05) is 29.4 Å². The van der Waals surface area contributed by atoms with Gasteiger partial charge in [0.25, 0.3) is 11.6 Å². The van der Waals surface area contributed by atoms with Gasteiger partial charge in [-0.25, -0.2) is 8.78 Å². The number of halogens is 3. The summed E-state index contributed by atoms with van der Waals surface area (Å²) < 4.78 is 31.5. The summed E-state index contributed by atoms with van der Waals surface area (Å²) in [7, 11) is 0. The van der Waals surface area contributed by atoms with E-state index in [2.05, 4.69) is 5.32 Å². The molecule has 26 heavy (non-hydrogen) atoms. The van der Waals surface area contributed by atoms with E-state index >= 15 is 0 Å². The summed E-state index contributed by atoms with van der Waals surface area (Å²) in [4.78, 5) is 22.3. The first-order chi connectivity index (χ1) is 12.3. The lowest BCUT2D eigenvalue weighted by Gasteiger charge is -2.04. The Hall–Kier alpha value is -3.26. The second kappa shape index (κ2) is 6.93. The molecular weight excluding hydrogens is 370 g/mol. The van der Waals surface area contributed by atoms with Crippen LogP contribution in [0.1, 0.15) is 10.6 Å². The third-order valence-electron chi connectivity index (χ3n) is 3.44. The van der Waals surface area contributed by atoms with Crippen LogP contribution in [-0.4, -0.2) is 10.8 Å². The highest BCUT2D eigenvalue weighted by molar-refractivity contribution is 6.33. The van der Waals surface area contributed by atoms with Gasteiger partial charge >= 0.3 is 0 Å². The molecule has 0 aliphatic carbocycles. The number of nitro groups is 1. The minimum atomic E-state index is -1.10. The van der Waals surface area contributed by atoms with E-state index < -0.39 is 22.5 Å². The highest BCUT2D eigenvalue weighted by Gasteiger charge is 2.17. The molecule has 9 heteroatoms. The monoisotopic (exact) mass is 378 g/mol. The summed E-state index contributed by atoms with van der Waals surface area (Å²) in [5, 5.41) is 13.2. The molecule has 1 heterocycles. The van der Waals surface area contributed by atoms with Gasteiger partial charge in [0.15, 0.2) is 17.4 Å². The van der Waals surface area contributed by atoms with Gasteiger partial charge in [-0.15, -0.1) is 0 Å². The number of anilines is 1. The van der Waals surface area contributed by atoms with Crippen LogP contribution in [-0.2, 0) is 0 Å². The molecule has 3 aromatic rings. The van der Waals surface area contributed by atoms with Crippen LogP contribution in [0.2, 0.25) is 5.02 Å². The summed E-state index contributed by atoms with van der Waals surface area (Å²) in [6.45, 7) is 0. The van der Waals surface area contributed by atoms with Crippen LogP contribution in [0.5, 0.6) is 0 Å². The summed E-state index contributed by atoms with van der Waals surface area (Å²) in [5.41, 5.74) is 0.242. The first kappa shape index (κ1) is 17.6. The molecule has 1 amide bonds. The minimum absolute atomic E-state index is 0.0558. The summed E-state index contributed by atoms with van der Waals surface area (Å²) in [6.07, 6.45) is 0. The number of benzene rings is 2. The molecule has 1 N–H and O–H groups in total. The molecule has 0 saturated heterocycles. The smallest absolute Gasteiger partial charge is 0.291 e. The van der Waals surface area contributed by atoms with Crippen molar-refractivity contribution in [3.05, 3.63) is 81.1 Å². The number of hydrogen-bond donors (Lipinski definition) is 1. The second-order valence-electron chi connectivity index (χ2n) is 5.17. The van der Waals surface area contributed by atoms with Gasteiger partial charge in [-0.2, -0.15) is 0 Å². The molecule has 0 fully saturated rings. The Morgan fingerprint density at radius 2 is 1.85 bits per heavy atom. The highest BCUT2D eigenvalue weighted by atomic mass is 35.5. The predicted molar refractivity (Wildman–Crippen MR) is 90.1 cm³/mol. The largest absolute Gasteiger partial charge is 0.451 e. The zero-order valence-corrected chi connectivity index (χ0v) is 13.6. The molecule has 0 radical (unpaired) electrons. The Bertz CT molecular complexity index is 1020. The first-order valence-corrected chi connectivity index (χ1v) is 7.53. The quantitative estimate of drug-likeness (QED) is 0.509. The zero-order valence-electron chi connectivity index (χ0n) is 12.8. The van der Waals surface area contributed by atoms with Crippen molar-refractivity contribution in [1.29, 1.82) is 0 Å². The van der Waals surface area contributed by atoms with E-state index in [-0.39, 0.29) is 27.9 Å². The summed E-state index contributed by atoms with van der Waals surface area (Å²) >= 11 is 6.02. The number of furan rings is 1. The van der Waals surface area contributed by atoms with Crippen LogP contribution < -0.4 is 5.32 Å². The Kier molecular flexibility index (Phi) is 4.68. The van der Waals surface area contributed by atoms with E-state index in [1.807, 2.05) is 0 Å². The van der Waals surface area contributed by atoms with Gasteiger partial charge in [-0.3, -0.25) is 14.9 Å². The van der Waals surface area contributed by atoms with Crippen molar-refractivity contribution in [3.63, 3.8) is 0 Å². The third kappa shape index (κ3) is 3.55. The number of carbonyl (C=O) groups excluding carboxylic acids is 1. The third-order valence-corrected chi connectivity index (χ3v) is 3.75. The van der Waals surface area contributed by atoms with Crippen LogP contribution in [0.3, 0.4) is 0 Å². The molecule has 0 saturated carbocycles. The topological polar surface area (TPSA) is 85.4 Å². The van der Waals surface area contributed by atoms with Gasteiger partial charge in [0.1, 0.15) is 5.76 Å². The van der Waals surface area contributed by atoms with Gasteiger partial charge < -0.3 is 9.73 Å². The molecular formula is C17H9ClF2N2O4.